The van der Waals surface area contributed by atoms with E-state index in [1.54, 1.807) is 42.6 Å². The van der Waals surface area contributed by atoms with Crippen LogP contribution in [0.2, 0.25) is 19.6 Å². The van der Waals surface area contributed by atoms with Crippen molar-refractivity contribution in [3.8, 4) is 11.3 Å². The summed E-state index contributed by atoms with van der Waals surface area (Å²) in [6.45, 7) is 3.87. The number of pyridine rings is 1. The van der Waals surface area contributed by atoms with Crippen molar-refractivity contribution in [2.24, 2.45) is 0 Å². The first kappa shape index (κ1) is 7.90. The van der Waals surface area contributed by atoms with E-state index in [2.05, 4.69) is 4.98 Å². The fourth-order valence-corrected chi connectivity index (χ4v) is 2.76. The molecule has 0 amide bonds. The molecule has 0 aliphatic heterocycles. The summed E-state index contributed by atoms with van der Waals surface area (Å²) in [6.07, 6.45) is 1.61. The molecule has 0 unspecified atom stereocenters. The van der Waals surface area contributed by atoms with E-state index in [-0.39, 0.29) is 5.56 Å². The molecule has 2 heteroatoms. The van der Waals surface area contributed by atoms with Crippen LogP contribution in [-0.2, 0) is 6.00 Å². The summed E-state index contributed by atoms with van der Waals surface area (Å²) >= 11 is 0. The molecule has 94 valence electrons. The van der Waals surface area contributed by atoms with Gasteiger partial charge < -0.3 is 0 Å². The average molecular weight is 260 g/mol. The largest absolute Gasteiger partial charge is 0.256 e. The maximum Gasteiger partial charge on any atom is 0.0704 e. The van der Waals surface area contributed by atoms with Crippen molar-refractivity contribution >= 4 is 8.07 Å². The molecule has 1 aromatic heterocycles. The van der Waals surface area contributed by atoms with Crippen molar-refractivity contribution in [1.82, 2.24) is 4.98 Å². The first-order valence-corrected chi connectivity index (χ1v) is 9.50. The normalized spacial score (nSPS) is 17.2. The van der Waals surface area contributed by atoms with Gasteiger partial charge in [0.1, 0.15) is 0 Å². The average Bonchev–Trinajstić information content (AvgIpc) is 2.45. The van der Waals surface area contributed by atoms with Gasteiger partial charge in [0.15, 0.2) is 0 Å². The topological polar surface area (TPSA) is 12.9 Å². The first-order valence-electron chi connectivity index (χ1n) is 8.50. The van der Waals surface area contributed by atoms with Gasteiger partial charge in [-0.05, 0) is 30.5 Å². The van der Waals surface area contributed by atoms with E-state index in [9.17, 15) is 0 Å². The van der Waals surface area contributed by atoms with Gasteiger partial charge in [-0.3, -0.25) is 4.98 Å². The van der Waals surface area contributed by atoms with Crippen LogP contribution in [0.5, 0.6) is 0 Å². The summed E-state index contributed by atoms with van der Waals surface area (Å²) in [5.74, 6) is -1.36. The minimum atomic E-state index is -2.12. The van der Waals surface area contributed by atoms with Crippen molar-refractivity contribution in [1.29, 1.82) is 0 Å². The number of nitrogens with zero attached hydrogens (tertiary/aromatic N) is 1. The van der Waals surface area contributed by atoms with Gasteiger partial charge in [-0.25, -0.2) is 0 Å². The second kappa shape index (κ2) is 5.07. The number of benzene rings is 1. The van der Waals surface area contributed by atoms with E-state index in [4.69, 9.17) is 6.85 Å². The zero-order valence-corrected chi connectivity index (χ0v) is 12.0. The molecule has 1 nitrogen and oxygen atoms in total. The zero-order chi connectivity index (χ0) is 17.5. The fourth-order valence-electron chi connectivity index (χ4n) is 1.74. The number of aryl methyl sites for hydroxylation is 1. The van der Waals surface area contributed by atoms with Gasteiger partial charge in [0.2, 0.25) is 0 Å². The van der Waals surface area contributed by atoms with Crippen molar-refractivity contribution in [2.75, 3.05) is 0 Å². The minimum absolute atomic E-state index is 0.287. The van der Waals surface area contributed by atoms with Crippen LogP contribution in [-0.4, -0.2) is 13.1 Å². The van der Waals surface area contributed by atoms with Crippen LogP contribution in [0, 0.1) is 6.85 Å². The van der Waals surface area contributed by atoms with Gasteiger partial charge in [0.05, 0.1) is 5.69 Å². The molecule has 1 aromatic carbocycles. The standard InChI is InChI=1S/C16H21NSi/c1-13-5-7-15(8-6-13)16-11-14(9-10-17-16)12-18(2,3)4/h5-11H,12H2,1-4H3/i1D3,12D2. The third-order valence-corrected chi connectivity index (χ3v) is 3.50. The Bertz CT molecular complexity index is 687. The highest BCUT2D eigenvalue weighted by Gasteiger charge is 2.14. The van der Waals surface area contributed by atoms with Crippen LogP contribution in [0.1, 0.15) is 18.0 Å². The summed E-state index contributed by atoms with van der Waals surface area (Å²) in [5, 5.41) is 0. The minimum Gasteiger partial charge on any atom is -0.256 e. The second-order valence-electron chi connectivity index (χ2n) is 5.38. The Morgan fingerprint density at radius 2 is 1.89 bits per heavy atom. The number of rotatable bonds is 3. The Kier molecular flexibility index (Phi) is 2.22. The molecule has 18 heavy (non-hydrogen) atoms. The van der Waals surface area contributed by atoms with E-state index in [1.165, 1.54) is 0 Å². The number of aromatic nitrogens is 1. The molecule has 0 fully saturated rings. The van der Waals surface area contributed by atoms with Crippen molar-refractivity contribution < 1.29 is 6.85 Å². The quantitative estimate of drug-likeness (QED) is 0.742. The van der Waals surface area contributed by atoms with Crippen LogP contribution < -0.4 is 0 Å². The predicted octanol–water partition coefficient (Wildman–Crippen LogP) is 4.48. The Balaban J connectivity index is 2.41. The molecule has 0 radical (unpaired) electrons. The Morgan fingerprint density at radius 1 is 1.17 bits per heavy atom. The molecular weight excluding hydrogens is 234 g/mol. The Morgan fingerprint density at radius 3 is 2.50 bits per heavy atom. The van der Waals surface area contributed by atoms with E-state index in [0.717, 1.165) is 5.56 Å². The Labute approximate surface area is 118 Å². The van der Waals surface area contributed by atoms with Crippen LogP contribution in [0.15, 0.2) is 42.6 Å². The van der Waals surface area contributed by atoms with E-state index in [1.807, 2.05) is 19.6 Å². The first-order chi connectivity index (χ1) is 10.4. The molecule has 0 atom stereocenters. The predicted molar refractivity (Wildman–Crippen MR) is 81.5 cm³/mol. The third kappa shape index (κ3) is 3.54. The summed E-state index contributed by atoms with van der Waals surface area (Å²) in [5.41, 5.74) is 2.35. The molecule has 0 saturated heterocycles. The number of hydrogen-bond acceptors (Lipinski definition) is 1. The number of hydrogen-bond donors (Lipinski definition) is 0. The van der Waals surface area contributed by atoms with Crippen LogP contribution in [0.3, 0.4) is 0 Å². The van der Waals surface area contributed by atoms with E-state index in [0.29, 0.717) is 11.3 Å². The lowest BCUT2D eigenvalue weighted by Gasteiger charge is -2.16. The highest BCUT2D eigenvalue weighted by molar-refractivity contribution is 6.75. The maximum absolute atomic E-state index is 8.42. The molecule has 0 spiro atoms. The molecule has 0 aliphatic carbocycles. The van der Waals surface area contributed by atoms with Gasteiger partial charge in [-0.15, -0.1) is 0 Å². The van der Waals surface area contributed by atoms with E-state index >= 15 is 0 Å². The van der Waals surface area contributed by atoms with Crippen molar-refractivity contribution in [3.05, 3.63) is 53.7 Å². The van der Waals surface area contributed by atoms with Crippen molar-refractivity contribution in [2.45, 2.75) is 32.5 Å². The van der Waals surface area contributed by atoms with Gasteiger partial charge in [-0.1, -0.05) is 49.5 Å². The van der Waals surface area contributed by atoms with Gasteiger partial charge in [-0.2, -0.15) is 0 Å². The second-order valence-corrected chi connectivity index (χ2v) is 10.1. The molecule has 1 heterocycles. The molecule has 0 aliphatic rings. The van der Waals surface area contributed by atoms with Gasteiger partial charge >= 0.3 is 0 Å². The zero-order valence-electron chi connectivity index (χ0n) is 16.0. The van der Waals surface area contributed by atoms with Crippen LogP contribution in [0.4, 0.5) is 0 Å². The summed E-state index contributed by atoms with van der Waals surface area (Å²) in [6, 6.07) is 10.1. The van der Waals surface area contributed by atoms with E-state index < -0.39 is 20.9 Å². The molecule has 0 bridgehead atoms. The monoisotopic (exact) mass is 260 g/mol. The summed E-state index contributed by atoms with van der Waals surface area (Å²) < 4.78 is 39.1. The van der Waals surface area contributed by atoms with Crippen molar-refractivity contribution in [3.63, 3.8) is 0 Å². The van der Waals surface area contributed by atoms with Gasteiger partial charge in [0, 0.05) is 26.7 Å². The SMILES string of the molecule is [2H]C([2H])([2H])c1ccc(-c2cc(C([2H])([2H])[Si](C)(C)C)ccn2)cc1. The molecule has 2 aromatic rings. The molecule has 0 N–H and O–H groups in total. The maximum atomic E-state index is 8.42. The third-order valence-electron chi connectivity index (χ3n) is 2.46. The lowest BCUT2D eigenvalue weighted by molar-refractivity contribution is 1.24. The molecular formula is C16H21NSi. The van der Waals surface area contributed by atoms with Gasteiger partial charge in [0.25, 0.3) is 0 Å². The molecule has 2 rings (SSSR count). The smallest absolute Gasteiger partial charge is 0.0704 e. The highest BCUT2D eigenvalue weighted by atomic mass is 28.3. The molecule has 0 saturated carbocycles. The van der Waals surface area contributed by atoms with Crippen LogP contribution in [0.25, 0.3) is 11.3 Å². The highest BCUT2D eigenvalue weighted by Crippen LogP contribution is 2.20. The summed E-state index contributed by atoms with van der Waals surface area (Å²) in [7, 11) is -2.05. The Hall–Kier alpha value is -1.41. The fraction of sp³-hybridized carbons (Fsp3) is 0.312. The summed E-state index contributed by atoms with van der Waals surface area (Å²) in [4.78, 5) is 4.31. The van der Waals surface area contributed by atoms with Crippen LogP contribution >= 0.6 is 0 Å². The lowest BCUT2D eigenvalue weighted by Crippen LogP contribution is -2.23. The lowest BCUT2D eigenvalue weighted by atomic mass is 10.1.